The third kappa shape index (κ3) is 4.94. The SMILES string of the molecule is CCOc1cc(C=C2SC(=O)NC2=O)ccc1OC(=O)Cc1ccccc1Cl. The second-order valence-electron chi connectivity index (χ2n) is 5.73. The highest BCUT2D eigenvalue weighted by Gasteiger charge is 2.25. The Bertz CT molecular complexity index is 973. The Hall–Kier alpha value is -2.77. The first-order chi connectivity index (χ1) is 13.5. The molecule has 6 nitrogen and oxygen atoms in total. The van der Waals surface area contributed by atoms with Gasteiger partial charge in [-0.2, -0.15) is 0 Å². The van der Waals surface area contributed by atoms with Crippen molar-refractivity contribution in [1.29, 1.82) is 0 Å². The molecule has 28 heavy (non-hydrogen) atoms. The lowest BCUT2D eigenvalue weighted by Crippen LogP contribution is -2.17. The van der Waals surface area contributed by atoms with Crippen LogP contribution in [0.4, 0.5) is 4.79 Å². The number of ether oxygens (including phenoxy) is 2. The first-order valence-electron chi connectivity index (χ1n) is 8.42. The summed E-state index contributed by atoms with van der Waals surface area (Å²) in [5.74, 6) is -0.292. The molecule has 144 valence electrons. The van der Waals surface area contributed by atoms with Crippen LogP contribution in [0.1, 0.15) is 18.1 Å². The number of carbonyl (C=O) groups is 3. The van der Waals surface area contributed by atoms with Crippen LogP contribution in [0.3, 0.4) is 0 Å². The monoisotopic (exact) mass is 417 g/mol. The van der Waals surface area contributed by atoms with Crippen LogP contribution in [0.2, 0.25) is 5.02 Å². The molecule has 0 radical (unpaired) electrons. The van der Waals surface area contributed by atoms with E-state index >= 15 is 0 Å². The van der Waals surface area contributed by atoms with Gasteiger partial charge in [0.25, 0.3) is 11.1 Å². The molecule has 1 N–H and O–H groups in total. The molecule has 1 fully saturated rings. The van der Waals surface area contributed by atoms with Gasteiger partial charge in [-0.25, -0.2) is 0 Å². The van der Waals surface area contributed by atoms with Gasteiger partial charge in [-0.1, -0.05) is 35.9 Å². The van der Waals surface area contributed by atoms with Gasteiger partial charge in [-0.3, -0.25) is 19.7 Å². The minimum Gasteiger partial charge on any atom is -0.490 e. The Labute approximate surface area is 170 Å². The molecule has 3 rings (SSSR count). The van der Waals surface area contributed by atoms with Gasteiger partial charge in [0.1, 0.15) is 0 Å². The van der Waals surface area contributed by atoms with Crippen LogP contribution in [0.25, 0.3) is 6.08 Å². The number of thioether (sulfide) groups is 1. The highest BCUT2D eigenvalue weighted by Crippen LogP contribution is 2.32. The van der Waals surface area contributed by atoms with Gasteiger partial charge in [-0.05, 0) is 54.1 Å². The molecule has 0 aliphatic carbocycles. The smallest absolute Gasteiger partial charge is 0.315 e. The number of hydrogen-bond donors (Lipinski definition) is 1. The van der Waals surface area contributed by atoms with Crippen molar-refractivity contribution >= 4 is 46.6 Å². The Morgan fingerprint density at radius 1 is 1.18 bits per heavy atom. The summed E-state index contributed by atoms with van der Waals surface area (Å²) in [5, 5.41) is 2.28. The fourth-order valence-electron chi connectivity index (χ4n) is 2.50. The first kappa shape index (κ1) is 20.0. The van der Waals surface area contributed by atoms with E-state index in [2.05, 4.69) is 5.32 Å². The lowest BCUT2D eigenvalue weighted by atomic mass is 10.1. The van der Waals surface area contributed by atoms with Crippen LogP contribution in [-0.4, -0.2) is 23.7 Å². The van der Waals surface area contributed by atoms with Gasteiger partial charge in [0.15, 0.2) is 11.5 Å². The van der Waals surface area contributed by atoms with Gasteiger partial charge in [0.05, 0.1) is 17.9 Å². The van der Waals surface area contributed by atoms with Crippen molar-refractivity contribution in [2.24, 2.45) is 0 Å². The van der Waals surface area contributed by atoms with Crippen LogP contribution in [0.5, 0.6) is 11.5 Å². The number of amides is 2. The largest absolute Gasteiger partial charge is 0.490 e. The Morgan fingerprint density at radius 3 is 2.64 bits per heavy atom. The summed E-state index contributed by atoms with van der Waals surface area (Å²) in [5.41, 5.74) is 1.31. The normalized spacial score (nSPS) is 14.9. The van der Waals surface area contributed by atoms with E-state index in [0.717, 1.165) is 11.8 Å². The zero-order valence-corrected chi connectivity index (χ0v) is 16.4. The molecule has 2 aromatic rings. The number of rotatable bonds is 6. The summed E-state index contributed by atoms with van der Waals surface area (Å²) < 4.78 is 11.0. The van der Waals surface area contributed by atoms with E-state index in [-0.39, 0.29) is 17.1 Å². The second kappa shape index (κ2) is 8.95. The third-order valence-electron chi connectivity index (χ3n) is 3.72. The lowest BCUT2D eigenvalue weighted by molar-refractivity contribution is -0.133. The van der Waals surface area contributed by atoms with Crippen molar-refractivity contribution in [1.82, 2.24) is 5.32 Å². The maximum atomic E-state index is 12.3. The molecule has 0 saturated carbocycles. The van der Waals surface area contributed by atoms with E-state index in [4.69, 9.17) is 21.1 Å². The minimum atomic E-state index is -0.475. The molecule has 1 heterocycles. The Kier molecular flexibility index (Phi) is 6.38. The predicted octanol–water partition coefficient (Wildman–Crippen LogP) is 4.21. The Morgan fingerprint density at radius 2 is 1.96 bits per heavy atom. The van der Waals surface area contributed by atoms with Crippen molar-refractivity contribution in [2.45, 2.75) is 13.3 Å². The fourth-order valence-corrected chi connectivity index (χ4v) is 3.38. The van der Waals surface area contributed by atoms with Gasteiger partial charge in [0, 0.05) is 5.02 Å². The summed E-state index contributed by atoms with van der Waals surface area (Å²) in [6.45, 7) is 2.17. The van der Waals surface area contributed by atoms with Crippen LogP contribution in [0.15, 0.2) is 47.4 Å². The molecular weight excluding hydrogens is 402 g/mol. The van der Waals surface area contributed by atoms with Gasteiger partial charge in [0.2, 0.25) is 0 Å². The number of nitrogens with one attached hydrogen (secondary N) is 1. The molecule has 1 aliphatic heterocycles. The number of benzene rings is 2. The number of esters is 1. The molecule has 0 aromatic heterocycles. The Balaban J connectivity index is 1.78. The van der Waals surface area contributed by atoms with Gasteiger partial charge < -0.3 is 9.47 Å². The quantitative estimate of drug-likeness (QED) is 0.430. The molecule has 8 heteroatoms. The van der Waals surface area contributed by atoms with Gasteiger partial charge >= 0.3 is 5.97 Å². The van der Waals surface area contributed by atoms with Gasteiger partial charge in [-0.15, -0.1) is 0 Å². The van der Waals surface area contributed by atoms with Crippen molar-refractivity contribution < 1.29 is 23.9 Å². The van der Waals surface area contributed by atoms with Crippen LogP contribution in [-0.2, 0) is 16.0 Å². The molecule has 2 aromatic carbocycles. The van der Waals surface area contributed by atoms with Crippen molar-refractivity contribution in [3.8, 4) is 11.5 Å². The van der Waals surface area contributed by atoms with E-state index in [0.29, 0.717) is 28.5 Å². The highest BCUT2D eigenvalue weighted by molar-refractivity contribution is 8.18. The van der Waals surface area contributed by atoms with E-state index in [1.54, 1.807) is 55.5 Å². The van der Waals surface area contributed by atoms with Crippen molar-refractivity contribution in [3.63, 3.8) is 0 Å². The van der Waals surface area contributed by atoms with E-state index < -0.39 is 17.1 Å². The summed E-state index contributed by atoms with van der Waals surface area (Å²) in [4.78, 5) is 35.5. The number of imide groups is 1. The van der Waals surface area contributed by atoms with Crippen molar-refractivity contribution in [3.05, 3.63) is 63.5 Å². The minimum absolute atomic E-state index is 0.0238. The lowest BCUT2D eigenvalue weighted by Gasteiger charge is -2.12. The summed E-state index contributed by atoms with van der Waals surface area (Å²) in [6, 6.07) is 11.9. The second-order valence-corrected chi connectivity index (χ2v) is 7.16. The van der Waals surface area contributed by atoms with Crippen LogP contribution in [0, 0.1) is 0 Å². The number of halogens is 1. The topological polar surface area (TPSA) is 81.7 Å². The van der Waals surface area contributed by atoms with E-state index in [1.165, 1.54) is 0 Å². The molecule has 0 unspecified atom stereocenters. The molecule has 0 bridgehead atoms. The average molecular weight is 418 g/mol. The third-order valence-corrected chi connectivity index (χ3v) is 4.90. The first-order valence-corrected chi connectivity index (χ1v) is 9.61. The highest BCUT2D eigenvalue weighted by atomic mass is 35.5. The maximum Gasteiger partial charge on any atom is 0.315 e. The molecule has 1 saturated heterocycles. The van der Waals surface area contributed by atoms with E-state index in [1.807, 2.05) is 0 Å². The summed E-state index contributed by atoms with van der Waals surface area (Å²) in [7, 11) is 0. The zero-order valence-electron chi connectivity index (χ0n) is 14.9. The number of carbonyl (C=O) groups excluding carboxylic acids is 3. The summed E-state index contributed by atoms with van der Waals surface area (Å²) >= 11 is 6.91. The molecule has 1 aliphatic rings. The molecule has 0 spiro atoms. The average Bonchev–Trinajstić information content (AvgIpc) is 2.96. The standard InChI is InChI=1S/C20H16ClNO5S/c1-2-26-16-9-12(10-17-19(24)22-20(25)28-17)7-8-15(16)27-18(23)11-13-5-3-4-6-14(13)21/h3-10H,2,11H2,1H3,(H,22,24,25). The molecule has 2 amide bonds. The fraction of sp³-hybridized carbons (Fsp3) is 0.150. The number of hydrogen-bond acceptors (Lipinski definition) is 6. The van der Waals surface area contributed by atoms with E-state index in [9.17, 15) is 14.4 Å². The van der Waals surface area contributed by atoms with Crippen molar-refractivity contribution in [2.75, 3.05) is 6.61 Å². The zero-order chi connectivity index (χ0) is 20.1. The van der Waals surface area contributed by atoms with Crippen LogP contribution >= 0.6 is 23.4 Å². The molecular formula is C20H16ClNO5S. The molecule has 0 atom stereocenters. The maximum absolute atomic E-state index is 12.3. The predicted molar refractivity (Wildman–Crippen MR) is 108 cm³/mol. The van der Waals surface area contributed by atoms with Crippen LogP contribution < -0.4 is 14.8 Å². The summed E-state index contributed by atoms with van der Waals surface area (Å²) in [6.07, 6.45) is 1.60.